The molecule has 0 saturated heterocycles. The molecule has 3 nitrogen and oxygen atoms in total. The van der Waals surface area contributed by atoms with Crippen LogP contribution >= 0.6 is 0 Å². The highest BCUT2D eigenvalue weighted by atomic mass is 15.0. The predicted molar refractivity (Wildman–Crippen MR) is 282 cm³/mol. The van der Waals surface area contributed by atoms with Gasteiger partial charge in [0, 0.05) is 33.2 Å². The Morgan fingerprint density at radius 1 is 0.424 bits per heavy atom. The Bertz CT molecular complexity index is 3280. The molecule has 0 fully saturated rings. The summed E-state index contributed by atoms with van der Waals surface area (Å²) in [6, 6.07) is 74.9. The summed E-state index contributed by atoms with van der Waals surface area (Å²) in [5.74, 6) is 0.742. The monoisotopic (exact) mass is 853 g/mol. The molecule has 0 unspecified atom stereocenters. The third kappa shape index (κ3) is 9.07. The van der Waals surface area contributed by atoms with Gasteiger partial charge in [-0.15, -0.1) is 0 Å². The first-order valence-corrected chi connectivity index (χ1v) is 23.2. The maximum absolute atomic E-state index is 5.02. The molecular weight excluding hydrogens is 799 g/mol. The van der Waals surface area contributed by atoms with E-state index in [1.54, 1.807) is 0 Å². The first-order valence-electron chi connectivity index (χ1n) is 23.2. The van der Waals surface area contributed by atoms with E-state index < -0.39 is 0 Å². The van der Waals surface area contributed by atoms with Gasteiger partial charge in [0.15, 0.2) is 5.82 Å². The summed E-state index contributed by atoms with van der Waals surface area (Å²) in [5, 5.41) is 2.61. The molecule has 3 heteroatoms. The molecule has 0 saturated carbocycles. The number of fused-ring (bicyclic) bond motifs is 3. The van der Waals surface area contributed by atoms with Gasteiger partial charge in [0.2, 0.25) is 0 Å². The molecule has 0 N–H and O–H groups in total. The summed E-state index contributed by atoms with van der Waals surface area (Å²) in [6.07, 6.45) is 4.45. The lowest BCUT2D eigenvalue weighted by Gasteiger charge is -2.21. The van der Waals surface area contributed by atoms with Gasteiger partial charge in [-0.25, -0.2) is 9.97 Å². The number of hydrogen-bond acceptors (Lipinski definition) is 2. The van der Waals surface area contributed by atoms with E-state index in [1.165, 1.54) is 77.6 Å². The van der Waals surface area contributed by atoms with Crippen molar-refractivity contribution in [3.05, 3.63) is 246 Å². The van der Waals surface area contributed by atoms with Crippen LogP contribution in [0.5, 0.6) is 0 Å². The van der Waals surface area contributed by atoms with Crippen molar-refractivity contribution >= 4 is 33.0 Å². The van der Waals surface area contributed by atoms with Gasteiger partial charge in [0.25, 0.3) is 0 Å². The van der Waals surface area contributed by atoms with Crippen molar-refractivity contribution in [2.45, 2.75) is 47.5 Å². The number of para-hydroxylation sites is 2. The van der Waals surface area contributed by atoms with Crippen LogP contribution in [0.25, 0.3) is 83.7 Å². The van der Waals surface area contributed by atoms with Crippen LogP contribution in [0.3, 0.4) is 0 Å². The highest BCUT2D eigenvalue weighted by Crippen LogP contribution is 2.40. The quantitative estimate of drug-likeness (QED) is 0.160. The summed E-state index contributed by atoms with van der Waals surface area (Å²) in [4.78, 5) is 9.96. The summed E-state index contributed by atoms with van der Waals surface area (Å²) >= 11 is 0. The fourth-order valence-corrected chi connectivity index (χ4v) is 9.24. The molecule has 0 bridgehead atoms. The van der Waals surface area contributed by atoms with Crippen molar-refractivity contribution in [2.24, 2.45) is 0 Å². The SMILES string of the molecule is CC.CC1=C(c2ccccc2C)CCC(c2cccc(-c3cc(-c4ccccc4)nc(-c4ccccc4)n3)c2)=C1.Cc1cccc(-c2cccc3c2c2ccccc2n3-c2ccccc2)c1. The minimum atomic E-state index is 0.742. The highest BCUT2D eigenvalue weighted by Gasteiger charge is 2.18. The van der Waals surface area contributed by atoms with Crippen molar-refractivity contribution in [2.75, 3.05) is 0 Å². The molecule has 1 aliphatic rings. The van der Waals surface area contributed by atoms with Crippen molar-refractivity contribution in [1.29, 1.82) is 0 Å². The van der Waals surface area contributed by atoms with Gasteiger partial charge in [-0.1, -0.05) is 201 Å². The molecule has 1 aliphatic carbocycles. The largest absolute Gasteiger partial charge is 0.309 e. The molecule has 322 valence electrons. The maximum atomic E-state index is 5.02. The fourth-order valence-electron chi connectivity index (χ4n) is 9.24. The fraction of sp³-hybridized carbons (Fsp3) is 0.111. The number of aromatic nitrogens is 3. The Labute approximate surface area is 390 Å². The standard InChI is InChI=1S/C36H30N2.C25H19N.C2H6/c1-25-12-9-10-19-32(25)33-21-20-30(22-26(33)2)29-17-11-18-31(23-29)35-24-34(27-13-5-3-6-14-27)37-36(38-35)28-15-7-4-8-16-28;1-18-9-7-10-19(17-18)21-14-8-16-24-25(21)22-13-5-6-15-23(22)26(24)20-11-3-2-4-12-20;1-2/h3-19,22-24H,20-21H2,1-2H3;2-17H,1H3;1-2H3. The lowest BCUT2D eigenvalue weighted by Crippen LogP contribution is -2.00. The van der Waals surface area contributed by atoms with Crippen molar-refractivity contribution in [3.63, 3.8) is 0 Å². The summed E-state index contributed by atoms with van der Waals surface area (Å²) in [5.41, 5.74) is 20.8. The highest BCUT2D eigenvalue weighted by molar-refractivity contribution is 6.15. The summed E-state index contributed by atoms with van der Waals surface area (Å²) < 4.78 is 2.37. The Morgan fingerprint density at radius 2 is 0.985 bits per heavy atom. The van der Waals surface area contributed by atoms with Gasteiger partial charge in [0.1, 0.15) is 0 Å². The molecule has 0 radical (unpaired) electrons. The van der Waals surface area contributed by atoms with E-state index in [9.17, 15) is 0 Å². The zero-order valence-electron chi connectivity index (χ0n) is 38.5. The summed E-state index contributed by atoms with van der Waals surface area (Å²) in [7, 11) is 0. The molecule has 0 atom stereocenters. The molecule has 2 heterocycles. The van der Waals surface area contributed by atoms with Gasteiger partial charge in [-0.3, -0.25) is 0 Å². The topological polar surface area (TPSA) is 30.7 Å². The van der Waals surface area contributed by atoms with Crippen LogP contribution in [0.2, 0.25) is 0 Å². The number of nitrogens with zero attached hydrogens (tertiary/aromatic N) is 3. The van der Waals surface area contributed by atoms with Gasteiger partial charge < -0.3 is 4.57 Å². The third-order valence-corrected chi connectivity index (χ3v) is 12.4. The first kappa shape index (κ1) is 43.4. The van der Waals surface area contributed by atoms with Crippen LogP contribution in [-0.2, 0) is 0 Å². The Hall–Kier alpha value is -7.88. The Morgan fingerprint density at radius 3 is 1.71 bits per heavy atom. The van der Waals surface area contributed by atoms with Crippen LogP contribution in [-0.4, -0.2) is 14.5 Å². The molecule has 66 heavy (non-hydrogen) atoms. The maximum Gasteiger partial charge on any atom is 0.160 e. The zero-order chi connectivity index (χ0) is 45.4. The normalized spacial score (nSPS) is 12.2. The number of aryl methyl sites for hydroxylation is 2. The van der Waals surface area contributed by atoms with E-state index in [-0.39, 0.29) is 0 Å². The zero-order valence-corrected chi connectivity index (χ0v) is 38.5. The van der Waals surface area contributed by atoms with Crippen LogP contribution in [0.4, 0.5) is 0 Å². The van der Waals surface area contributed by atoms with Crippen LogP contribution < -0.4 is 0 Å². The van der Waals surface area contributed by atoms with E-state index in [1.807, 2.05) is 38.1 Å². The van der Waals surface area contributed by atoms with Crippen molar-refractivity contribution in [1.82, 2.24) is 14.5 Å². The number of hydrogen-bond donors (Lipinski definition) is 0. The average molecular weight is 854 g/mol. The van der Waals surface area contributed by atoms with Crippen LogP contribution in [0.15, 0.2) is 224 Å². The smallest absolute Gasteiger partial charge is 0.160 e. The van der Waals surface area contributed by atoms with E-state index in [0.29, 0.717) is 0 Å². The Kier molecular flexibility index (Phi) is 13.1. The lowest BCUT2D eigenvalue weighted by atomic mass is 9.84. The van der Waals surface area contributed by atoms with Gasteiger partial charge >= 0.3 is 0 Å². The van der Waals surface area contributed by atoms with E-state index >= 15 is 0 Å². The number of allylic oxidation sites excluding steroid dienone is 4. The first-order chi connectivity index (χ1) is 32.5. The van der Waals surface area contributed by atoms with Crippen LogP contribution in [0, 0.1) is 13.8 Å². The average Bonchev–Trinajstić information content (AvgIpc) is 3.73. The molecule has 8 aromatic carbocycles. The number of rotatable bonds is 7. The second-order valence-electron chi connectivity index (χ2n) is 16.7. The third-order valence-electron chi connectivity index (χ3n) is 12.4. The minimum Gasteiger partial charge on any atom is -0.309 e. The van der Waals surface area contributed by atoms with E-state index in [2.05, 4.69) is 219 Å². The van der Waals surface area contributed by atoms with Gasteiger partial charge in [0.05, 0.1) is 22.4 Å². The lowest BCUT2D eigenvalue weighted by molar-refractivity contribution is 1.05. The second kappa shape index (κ2) is 19.9. The summed E-state index contributed by atoms with van der Waals surface area (Å²) in [6.45, 7) is 10.6. The molecule has 2 aromatic heterocycles. The van der Waals surface area contributed by atoms with Gasteiger partial charge in [-0.2, -0.15) is 0 Å². The molecule has 11 rings (SSSR count). The predicted octanol–water partition coefficient (Wildman–Crippen LogP) is 17.2. The van der Waals surface area contributed by atoms with Crippen molar-refractivity contribution < 1.29 is 0 Å². The van der Waals surface area contributed by atoms with Gasteiger partial charge in [-0.05, 0) is 115 Å². The molecule has 10 aromatic rings. The number of benzene rings is 8. The second-order valence-corrected chi connectivity index (χ2v) is 16.7. The van der Waals surface area contributed by atoms with Crippen LogP contribution in [0.1, 0.15) is 55.9 Å². The molecule has 0 amide bonds. The molecular formula is C63H55N3. The molecule has 0 spiro atoms. The Balaban J connectivity index is 0.000000170. The van der Waals surface area contributed by atoms with E-state index in [4.69, 9.17) is 9.97 Å². The minimum absolute atomic E-state index is 0.742. The molecule has 0 aliphatic heterocycles. The van der Waals surface area contributed by atoms with Crippen molar-refractivity contribution in [3.8, 4) is 50.7 Å². The van der Waals surface area contributed by atoms with E-state index in [0.717, 1.165) is 46.7 Å².